The number of nitrogens with one attached hydrogen (secondary N) is 2. The Bertz CT molecular complexity index is 854. The smallest absolute Gasteiger partial charge is 0.217 e. The van der Waals surface area contributed by atoms with Crippen molar-refractivity contribution in [3.8, 4) is 0 Å². The van der Waals surface area contributed by atoms with Gasteiger partial charge in [0.2, 0.25) is 11.8 Å². The zero-order chi connectivity index (χ0) is 29.9. The molecule has 3 aliphatic rings. The minimum atomic E-state index is -1.94. The first-order chi connectivity index (χ1) is 18.8. The van der Waals surface area contributed by atoms with Gasteiger partial charge in [-0.2, -0.15) is 0 Å². The van der Waals surface area contributed by atoms with E-state index in [1.54, 1.807) is 0 Å². The third-order valence-corrected chi connectivity index (χ3v) is 6.90. The van der Waals surface area contributed by atoms with Crippen LogP contribution in [0.1, 0.15) is 13.8 Å². The van der Waals surface area contributed by atoms with Crippen molar-refractivity contribution in [3.63, 3.8) is 0 Å². The zero-order valence-corrected chi connectivity index (χ0v) is 21.7. The molecule has 1 unspecified atom stereocenters. The van der Waals surface area contributed by atoms with Gasteiger partial charge in [-0.3, -0.25) is 9.59 Å². The fraction of sp³-hybridized carbons (Fsp3) is 0.909. The molecule has 15 atom stereocenters. The number of amides is 2. The van der Waals surface area contributed by atoms with Crippen LogP contribution in [0.2, 0.25) is 0 Å². The van der Waals surface area contributed by atoms with Gasteiger partial charge in [0.25, 0.3) is 0 Å². The highest BCUT2D eigenvalue weighted by Crippen LogP contribution is 2.32. The van der Waals surface area contributed by atoms with Gasteiger partial charge in [0, 0.05) is 13.8 Å². The highest BCUT2D eigenvalue weighted by atomic mass is 16.7. The first-order valence-electron chi connectivity index (χ1n) is 12.6. The molecule has 18 heteroatoms. The lowest BCUT2D eigenvalue weighted by Crippen LogP contribution is -2.69. The van der Waals surface area contributed by atoms with Gasteiger partial charge in [-0.1, -0.05) is 0 Å². The predicted octanol–water partition coefficient (Wildman–Crippen LogP) is -7.29. The fourth-order valence-corrected chi connectivity index (χ4v) is 4.86. The van der Waals surface area contributed by atoms with E-state index in [2.05, 4.69) is 10.6 Å². The minimum absolute atomic E-state index is 0.650. The second kappa shape index (κ2) is 14.0. The van der Waals surface area contributed by atoms with Crippen LogP contribution in [-0.2, 0) is 33.3 Å². The Morgan fingerprint density at radius 1 is 0.600 bits per heavy atom. The molecule has 2 amide bonds. The van der Waals surface area contributed by atoms with E-state index in [1.807, 2.05) is 0 Å². The summed E-state index contributed by atoms with van der Waals surface area (Å²) in [6.07, 6.45) is -21.5. The number of hydrogen-bond donors (Lipinski definition) is 11. The van der Waals surface area contributed by atoms with Gasteiger partial charge in [-0.05, 0) is 0 Å². The van der Waals surface area contributed by atoms with Crippen molar-refractivity contribution >= 4 is 11.8 Å². The molecular weight excluding hydrogens is 548 g/mol. The molecule has 0 aliphatic carbocycles. The van der Waals surface area contributed by atoms with E-state index < -0.39 is 124 Å². The van der Waals surface area contributed by atoms with E-state index in [1.165, 1.54) is 0 Å². The number of carbonyl (C=O) groups is 2. The Morgan fingerprint density at radius 2 is 1.05 bits per heavy atom. The number of rotatable bonds is 9. The minimum Gasteiger partial charge on any atom is -0.394 e. The summed E-state index contributed by atoms with van der Waals surface area (Å²) >= 11 is 0. The fourth-order valence-electron chi connectivity index (χ4n) is 4.86. The van der Waals surface area contributed by atoms with Gasteiger partial charge in [0.1, 0.15) is 73.1 Å². The number of ether oxygens (including phenoxy) is 5. The average Bonchev–Trinajstić information content (AvgIpc) is 2.90. The molecule has 0 bridgehead atoms. The third kappa shape index (κ3) is 7.05. The van der Waals surface area contributed by atoms with E-state index in [9.17, 15) is 55.5 Å². The van der Waals surface area contributed by atoms with Crippen LogP contribution in [-0.4, -0.2) is 170 Å². The SMILES string of the molecule is CC(=O)N[C@H]1[C@@H](O[C@H]2[C@@H](O)[C@@H](CO)O[C@@H](O[C@H]3[C@@H](O)[C@@H](CO)OC(O)[C@@H]3NC(C)=O)[C@@H]2O)O[C@H](CO)[C@H](O)[C@@H]1O. The summed E-state index contributed by atoms with van der Waals surface area (Å²) in [5.41, 5.74) is 0. The molecule has 0 aromatic carbocycles. The predicted molar refractivity (Wildman–Crippen MR) is 124 cm³/mol. The Hall–Kier alpha value is -1.62. The number of hydrogen-bond acceptors (Lipinski definition) is 16. The van der Waals surface area contributed by atoms with Crippen molar-refractivity contribution in [1.29, 1.82) is 0 Å². The Labute approximate surface area is 228 Å². The standard InChI is InChI=1S/C22H38N2O16/c1-6(28)23-11-16(33)13(30)8(3-25)37-21(11)40-19-15(32)10(5-27)38-22(17(19)34)39-18-12(24-7(2)29)20(35)36-9(4-26)14(18)31/h8-22,25-27,30-35H,3-5H2,1-2H3,(H,23,28)(H,24,29)/t8-,9-,10-,11-,12-,13+,14+,15+,16-,17-,18-,19+,20?,21-,22+/m1/s1. The molecule has 0 aromatic heterocycles. The van der Waals surface area contributed by atoms with Gasteiger partial charge in [0.15, 0.2) is 18.9 Å². The van der Waals surface area contributed by atoms with Gasteiger partial charge in [-0.25, -0.2) is 0 Å². The van der Waals surface area contributed by atoms with Crippen LogP contribution >= 0.6 is 0 Å². The quantitative estimate of drug-likeness (QED) is 0.120. The Balaban J connectivity index is 1.88. The summed E-state index contributed by atoms with van der Waals surface area (Å²) < 4.78 is 27.5. The summed E-state index contributed by atoms with van der Waals surface area (Å²) in [6, 6.07) is -2.86. The highest BCUT2D eigenvalue weighted by Gasteiger charge is 2.54. The van der Waals surface area contributed by atoms with Crippen LogP contribution in [0.15, 0.2) is 0 Å². The summed E-state index contributed by atoms with van der Waals surface area (Å²) in [7, 11) is 0. The van der Waals surface area contributed by atoms with E-state index >= 15 is 0 Å². The number of carbonyl (C=O) groups excluding carboxylic acids is 2. The lowest BCUT2D eigenvalue weighted by atomic mass is 9.94. The Kier molecular flexibility index (Phi) is 11.5. The number of aliphatic hydroxyl groups excluding tert-OH is 9. The molecule has 232 valence electrons. The summed E-state index contributed by atoms with van der Waals surface area (Å²) in [5.74, 6) is -1.31. The van der Waals surface area contributed by atoms with Crippen LogP contribution in [0.4, 0.5) is 0 Å². The largest absolute Gasteiger partial charge is 0.394 e. The van der Waals surface area contributed by atoms with Crippen LogP contribution < -0.4 is 10.6 Å². The first kappa shape index (κ1) is 32.9. The third-order valence-electron chi connectivity index (χ3n) is 6.90. The first-order valence-corrected chi connectivity index (χ1v) is 12.6. The summed E-state index contributed by atoms with van der Waals surface area (Å²) in [5, 5.41) is 97.2. The molecular formula is C22H38N2O16. The van der Waals surface area contributed by atoms with Crippen molar-refractivity contribution in [2.75, 3.05) is 19.8 Å². The topological polar surface area (TPSA) is 286 Å². The molecule has 0 spiro atoms. The molecule has 18 nitrogen and oxygen atoms in total. The van der Waals surface area contributed by atoms with Gasteiger partial charge in [-0.15, -0.1) is 0 Å². The van der Waals surface area contributed by atoms with Crippen molar-refractivity contribution < 1.29 is 79.2 Å². The van der Waals surface area contributed by atoms with Gasteiger partial charge in [0.05, 0.1) is 19.8 Å². The maximum atomic E-state index is 11.7. The van der Waals surface area contributed by atoms with Gasteiger partial charge < -0.3 is 80.3 Å². The monoisotopic (exact) mass is 586 g/mol. The molecule has 3 heterocycles. The van der Waals surface area contributed by atoms with Crippen molar-refractivity contribution in [2.45, 2.75) is 106 Å². The van der Waals surface area contributed by atoms with E-state index in [0.29, 0.717) is 0 Å². The van der Waals surface area contributed by atoms with Crippen LogP contribution in [0.25, 0.3) is 0 Å². The summed E-state index contributed by atoms with van der Waals surface area (Å²) in [6.45, 7) is -0.135. The maximum Gasteiger partial charge on any atom is 0.217 e. The molecule has 40 heavy (non-hydrogen) atoms. The van der Waals surface area contributed by atoms with E-state index in [4.69, 9.17) is 23.7 Å². The lowest BCUT2D eigenvalue weighted by molar-refractivity contribution is -0.365. The molecule has 3 fully saturated rings. The zero-order valence-electron chi connectivity index (χ0n) is 21.7. The highest BCUT2D eigenvalue weighted by molar-refractivity contribution is 5.73. The normalized spacial score (nSPS) is 46.0. The molecule has 3 saturated heterocycles. The maximum absolute atomic E-state index is 11.7. The van der Waals surface area contributed by atoms with Crippen molar-refractivity contribution in [3.05, 3.63) is 0 Å². The van der Waals surface area contributed by atoms with Gasteiger partial charge >= 0.3 is 0 Å². The molecule has 3 aliphatic heterocycles. The average molecular weight is 587 g/mol. The van der Waals surface area contributed by atoms with E-state index in [-0.39, 0.29) is 0 Å². The van der Waals surface area contributed by atoms with Crippen LogP contribution in [0.3, 0.4) is 0 Å². The lowest BCUT2D eigenvalue weighted by Gasteiger charge is -2.49. The second-order valence-electron chi connectivity index (χ2n) is 9.81. The van der Waals surface area contributed by atoms with Crippen molar-refractivity contribution in [1.82, 2.24) is 10.6 Å². The molecule has 11 N–H and O–H groups in total. The molecule has 3 rings (SSSR count). The van der Waals surface area contributed by atoms with Crippen LogP contribution in [0.5, 0.6) is 0 Å². The van der Waals surface area contributed by atoms with Crippen molar-refractivity contribution in [2.24, 2.45) is 0 Å². The van der Waals surface area contributed by atoms with E-state index in [0.717, 1.165) is 13.8 Å². The number of aliphatic hydroxyl groups is 9. The molecule has 0 radical (unpaired) electrons. The van der Waals surface area contributed by atoms with Crippen LogP contribution in [0, 0.1) is 0 Å². The summed E-state index contributed by atoms with van der Waals surface area (Å²) in [4.78, 5) is 23.4. The Morgan fingerprint density at radius 3 is 1.60 bits per heavy atom. The molecule has 0 saturated carbocycles. The molecule has 0 aromatic rings. The second-order valence-corrected chi connectivity index (χ2v) is 9.81.